The number of thioether (sulfide) groups is 1. The summed E-state index contributed by atoms with van der Waals surface area (Å²) in [6, 6.07) is 4.64. The molecular formula is C14H17FN4S. The highest BCUT2D eigenvalue weighted by molar-refractivity contribution is 8.13. The molecule has 106 valence electrons. The van der Waals surface area contributed by atoms with E-state index in [4.69, 9.17) is 5.26 Å². The Morgan fingerprint density at radius 2 is 2.15 bits per heavy atom. The highest BCUT2D eigenvalue weighted by Gasteiger charge is 2.15. The van der Waals surface area contributed by atoms with Gasteiger partial charge in [-0.25, -0.2) is 9.38 Å². The fraction of sp³-hybridized carbons (Fsp3) is 0.429. The van der Waals surface area contributed by atoms with Crippen LogP contribution >= 0.6 is 11.8 Å². The van der Waals surface area contributed by atoms with E-state index in [-0.39, 0.29) is 5.82 Å². The second kappa shape index (κ2) is 7.15. The number of aliphatic imine (C=N–C) groups is 1. The topological polar surface area (TPSA) is 51.4 Å². The van der Waals surface area contributed by atoms with Gasteiger partial charge >= 0.3 is 0 Å². The van der Waals surface area contributed by atoms with E-state index in [0.29, 0.717) is 10.9 Å². The van der Waals surface area contributed by atoms with Gasteiger partial charge in [0.15, 0.2) is 11.4 Å². The van der Waals surface area contributed by atoms with Crippen molar-refractivity contribution in [3.8, 4) is 6.19 Å². The van der Waals surface area contributed by atoms with Gasteiger partial charge in [-0.15, -0.1) is 0 Å². The van der Waals surface area contributed by atoms with Crippen LogP contribution in [0.3, 0.4) is 0 Å². The van der Waals surface area contributed by atoms with E-state index in [1.807, 2.05) is 12.4 Å². The largest absolute Gasteiger partial charge is 0.370 e. The lowest BCUT2D eigenvalue weighted by atomic mass is 10.1. The van der Waals surface area contributed by atoms with Crippen LogP contribution in [0.2, 0.25) is 0 Å². The molecule has 1 saturated heterocycles. The number of nitrogens with one attached hydrogen (secondary N) is 1. The van der Waals surface area contributed by atoms with Crippen LogP contribution in [-0.2, 0) is 0 Å². The number of benzene rings is 1. The van der Waals surface area contributed by atoms with Crippen LogP contribution in [0.1, 0.15) is 19.3 Å². The molecule has 1 aromatic carbocycles. The number of nitriles is 1. The number of rotatable bonds is 2. The Hall–Kier alpha value is -1.74. The Bertz CT molecular complexity index is 532. The Balaban J connectivity index is 2.34. The fourth-order valence-electron chi connectivity index (χ4n) is 2.27. The number of piperidine rings is 1. The molecular weight excluding hydrogens is 275 g/mol. The van der Waals surface area contributed by atoms with Gasteiger partial charge in [-0.3, -0.25) is 5.32 Å². The van der Waals surface area contributed by atoms with E-state index in [2.05, 4.69) is 15.2 Å². The number of halogens is 1. The van der Waals surface area contributed by atoms with Crippen molar-refractivity contribution >= 4 is 28.3 Å². The summed E-state index contributed by atoms with van der Waals surface area (Å²) in [5.74, 6) is -0.318. The summed E-state index contributed by atoms with van der Waals surface area (Å²) in [6.07, 6.45) is 7.19. The molecule has 0 radical (unpaired) electrons. The predicted molar refractivity (Wildman–Crippen MR) is 81.8 cm³/mol. The Kier molecular flexibility index (Phi) is 5.24. The lowest BCUT2D eigenvalue weighted by Gasteiger charge is -2.29. The normalized spacial score (nSPS) is 15.8. The SMILES string of the molecule is CSC(=Nc1cc(F)ccc1N1CCCCC1)NC#N. The van der Waals surface area contributed by atoms with E-state index < -0.39 is 0 Å². The van der Waals surface area contributed by atoms with Gasteiger partial charge in [0.1, 0.15) is 5.82 Å². The first-order chi connectivity index (χ1) is 9.74. The molecule has 20 heavy (non-hydrogen) atoms. The molecule has 0 amide bonds. The zero-order chi connectivity index (χ0) is 14.4. The molecule has 1 N–H and O–H groups in total. The maximum Gasteiger partial charge on any atom is 0.183 e. The van der Waals surface area contributed by atoms with E-state index in [9.17, 15) is 4.39 Å². The molecule has 0 bridgehead atoms. The summed E-state index contributed by atoms with van der Waals surface area (Å²) >= 11 is 1.33. The molecule has 1 fully saturated rings. The van der Waals surface area contributed by atoms with Crippen LogP contribution in [0, 0.1) is 17.3 Å². The molecule has 1 aliphatic heterocycles. The van der Waals surface area contributed by atoms with Gasteiger partial charge < -0.3 is 4.90 Å². The minimum absolute atomic E-state index is 0.318. The molecule has 1 heterocycles. The molecule has 0 atom stereocenters. The summed E-state index contributed by atoms with van der Waals surface area (Å²) in [6.45, 7) is 1.93. The lowest BCUT2D eigenvalue weighted by Crippen LogP contribution is -2.29. The molecule has 6 heteroatoms. The Labute approximate surface area is 122 Å². The van der Waals surface area contributed by atoms with Crippen molar-refractivity contribution in [2.75, 3.05) is 24.2 Å². The van der Waals surface area contributed by atoms with Crippen LogP contribution in [-0.4, -0.2) is 24.5 Å². The molecule has 0 unspecified atom stereocenters. The first-order valence-electron chi connectivity index (χ1n) is 6.57. The van der Waals surface area contributed by atoms with Crippen molar-refractivity contribution in [2.45, 2.75) is 19.3 Å². The number of hydrogen-bond acceptors (Lipinski definition) is 4. The summed E-state index contributed by atoms with van der Waals surface area (Å²) in [5, 5.41) is 11.7. The van der Waals surface area contributed by atoms with E-state index in [1.54, 1.807) is 6.07 Å². The lowest BCUT2D eigenvalue weighted by molar-refractivity contribution is 0.577. The molecule has 0 aliphatic carbocycles. The van der Waals surface area contributed by atoms with Crippen molar-refractivity contribution in [3.05, 3.63) is 24.0 Å². The zero-order valence-electron chi connectivity index (χ0n) is 11.4. The smallest absolute Gasteiger partial charge is 0.183 e. The molecule has 1 aliphatic rings. The number of hydrogen-bond donors (Lipinski definition) is 1. The van der Waals surface area contributed by atoms with Crippen molar-refractivity contribution in [3.63, 3.8) is 0 Å². The minimum atomic E-state index is -0.318. The van der Waals surface area contributed by atoms with Crippen LogP contribution in [0.4, 0.5) is 15.8 Å². The van der Waals surface area contributed by atoms with Gasteiger partial charge in [0.05, 0.1) is 11.4 Å². The van der Waals surface area contributed by atoms with Gasteiger partial charge in [-0.1, -0.05) is 11.8 Å². The van der Waals surface area contributed by atoms with Crippen molar-refractivity contribution in [1.82, 2.24) is 5.32 Å². The molecule has 0 spiro atoms. The van der Waals surface area contributed by atoms with Crippen molar-refractivity contribution < 1.29 is 4.39 Å². The second-order valence-electron chi connectivity index (χ2n) is 4.54. The minimum Gasteiger partial charge on any atom is -0.370 e. The molecule has 4 nitrogen and oxygen atoms in total. The van der Waals surface area contributed by atoms with Crippen molar-refractivity contribution in [2.24, 2.45) is 4.99 Å². The fourth-order valence-corrected chi connectivity index (χ4v) is 2.61. The quantitative estimate of drug-likeness (QED) is 0.393. The standard InChI is InChI=1S/C14H17FN4S/c1-20-14(17-10-16)18-12-9-11(15)5-6-13(12)19-7-3-2-4-8-19/h5-6,9H,2-4,7-8H2,1H3,(H,17,18). The van der Waals surface area contributed by atoms with Crippen LogP contribution in [0.15, 0.2) is 23.2 Å². The first kappa shape index (κ1) is 14.7. The average Bonchev–Trinajstić information content (AvgIpc) is 2.48. The number of amidine groups is 1. The summed E-state index contributed by atoms with van der Waals surface area (Å²) in [5.41, 5.74) is 1.50. The molecule has 1 aromatic rings. The maximum atomic E-state index is 13.5. The highest BCUT2D eigenvalue weighted by Crippen LogP contribution is 2.32. The summed E-state index contributed by atoms with van der Waals surface area (Å²) < 4.78 is 13.5. The molecule has 2 rings (SSSR count). The maximum absolute atomic E-state index is 13.5. The third-order valence-electron chi connectivity index (χ3n) is 3.21. The van der Waals surface area contributed by atoms with Gasteiger partial charge in [0, 0.05) is 19.2 Å². The summed E-state index contributed by atoms with van der Waals surface area (Å²) in [7, 11) is 0. The molecule has 0 saturated carbocycles. The van der Waals surface area contributed by atoms with Gasteiger partial charge in [-0.05, 0) is 37.7 Å². The number of nitrogens with zero attached hydrogens (tertiary/aromatic N) is 3. The van der Waals surface area contributed by atoms with Crippen LogP contribution < -0.4 is 10.2 Å². The Morgan fingerprint density at radius 3 is 2.80 bits per heavy atom. The van der Waals surface area contributed by atoms with E-state index in [0.717, 1.165) is 31.6 Å². The molecule has 0 aromatic heterocycles. The summed E-state index contributed by atoms with van der Waals surface area (Å²) in [4.78, 5) is 6.60. The first-order valence-corrected chi connectivity index (χ1v) is 7.79. The third-order valence-corrected chi connectivity index (χ3v) is 3.79. The third kappa shape index (κ3) is 3.64. The van der Waals surface area contributed by atoms with E-state index in [1.165, 1.54) is 30.3 Å². The monoisotopic (exact) mass is 292 g/mol. The van der Waals surface area contributed by atoms with Crippen molar-refractivity contribution in [1.29, 1.82) is 5.26 Å². The van der Waals surface area contributed by atoms with Gasteiger partial charge in [0.25, 0.3) is 0 Å². The van der Waals surface area contributed by atoms with Crippen LogP contribution in [0.5, 0.6) is 0 Å². The van der Waals surface area contributed by atoms with Gasteiger partial charge in [0.2, 0.25) is 0 Å². The zero-order valence-corrected chi connectivity index (χ0v) is 12.2. The Morgan fingerprint density at radius 1 is 1.40 bits per heavy atom. The predicted octanol–water partition coefficient (Wildman–Crippen LogP) is 3.24. The second-order valence-corrected chi connectivity index (χ2v) is 5.33. The number of anilines is 1. The van der Waals surface area contributed by atoms with Gasteiger partial charge in [-0.2, -0.15) is 5.26 Å². The average molecular weight is 292 g/mol. The van der Waals surface area contributed by atoms with Crippen LogP contribution in [0.25, 0.3) is 0 Å². The van der Waals surface area contributed by atoms with E-state index >= 15 is 0 Å². The highest BCUT2D eigenvalue weighted by atomic mass is 32.2.